The minimum atomic E-state index is -1.18. The number of benzene rings is 2. The maximum Gasteiger partial charge on any atom is 0.136 e. The molecule has 2 atom stereocenters. The van der Waals surface area contributed by atoms with Gasteiger partial charge in [-0.1, -0.05) is 53.7 Å². The minimum absolute atomic E-state index is 0.0230. The number of hydrogen-bond donors (Lipinski definition) is 2. The largest absolute Gasteiger partial charge is 0.598 e. The van der Waals surface area contributed by atoms with Crippen molar-refractivity contribution in [2.45, 2.75) is 54.9 Å². The van der Waals surface area contributed by atoms with Gasteiger partial charge in [0.25, 0.3) is 0 Å². The fourth-order valence-electron chi connectivity index (χ4n) is 2.22. The van der Waals surface area contributed by atoms with E-state index >= 15 is 0 Å². The summed E-state index contributed by atoms with van der Waals surface area (Å²) >= 11 is 6.80. The van der Waals surface area contributed by atoms with Gasteiger partial charge in [-0.15, -0.1) is 4.72 Å². The molecule has 0 aliphatic carbocycles. The lowest BCUT2D eigenvalue weighted by Crippen LogP contribution is -2.40. The average Bonchev–Trinajstić information content (AvgIpc) is 2.56. The molecule has 0 aliphatic rings. The van der Waals surface area contributed by atoms with Crippen LogP contribution in [0.1, 0.15) is 44.9 Å². The molecule has 0 spiro atoms. The summed E-state index contributed by atoms with van der Waals surface area (Å²) in [5, 5.41) is 10.2. The minimum Gasteiger partial charge on any atom is -0.598 e. The second-order valence-electron chi connectivity index (χ2n) is 6.75. The van der Waals surface area contributed by atoms with Gasteiger partial charge in [-0.3, -0.25) is 0 Å². The maximum atomic E-state index is 12.4. The van der Waals surface area contributed by atoms with Crippen LogP contribution >= 0.6 is 23.4 Å². The van der Waals surface area contributed by atoms with Crippen molar-refractivity contribution >= 4 is 34.7 Å². The van der Waals surface area contributed by atoms with E-state index in [0.717, 1.165) is 20.9 Å². The molecular formula is C19H24ClNO2S2. The van der Waals surface area contributed by atoms with Crippen molar-refractivity contribution in [1.29, 1.82) is 0 Å². The zero-order valence-corrected chi connectivity index (χ0v) is 17.3. The Morgan fingerprint density at radius 3 is 2.52 bits per heavy atom. The zero-order chi connectivity index (χ0) is 18.6. The molecule has 0 fully saturated rings. The fraction of sp³-hybridized carbons (Fsp3) is 0.368. The normalized spacial score (nSPS) is 14.4. The molecule has 136 valence electrons. The summed E-state index contributed by atoms with van der Waals surface area (Å²) in [6.45, 7) is 7.78. The standard InChI is InChI=1S/C19H24ClNO2S2/c1-13(21-25(23)19(2,3)4)15-9-7-10-16(20)18(15)24-17-11-6-5-8-14(17)12-22/h5-11,13,21-22H,12H2,1-4H3. The second-order valence-corrected chi connectivity index (χ2v) is 10.2. The van der Waals surface area contributed by atoms with Crippen molar-refractivity contribution in [1.82, 2.24) is 4.72 Å². The van der Waals surface area contributed by atoms with Gasteiger partial charge < -0.3 is 9.66 Å². The number of aliphatic hydroxyl groups is 1. The molecule has 25 heavy (non-hydrogen) atoms. The van der Waals surface area contributed by atoms with E-state index in [2.05, 4.69) is 4.72 Å². The van der Waals surface area contributed by atoms with Gasteiger partial charge in [0.15, 0.2) is 0 Å². The van der Waals surface area contributed by atoms with Crippen molar-refractivity contribution in [3.63, 3.8) is 0 Å². The molecule has 6 heteroatoms. The van der Waals surface area contributed by atoms with Crippen LogP contribution in [-0.2, 0) is 18.0 Å². The van der Waals surface area contributed by atoms with Crippen molar-refractivity contribution in [3.05, 3.63) is 58.6 Å². The Kier molecular flexibility index (Phi) is 7.26. The van der Waals surface area contributed by atoms with Gasteiger partial charge >= 0.3 is 0 Å². The quantitative estimate of drug-likeness (QED) is 0.666. The summed E-state index contributed by atoms with van der Waals surface area (Å²) < 4.78 is 15.3. The number of halogens is 1. The Balaban J connectivity index is 2.33. The highest BCUT2D eigenvalue weighted by molar-refractivity contribution is 7.99. The predicted octanol–water partition coefficient (Wildman–Crippen LogP) is 5.10. The summed E-state index contributed by atoms with van der Waals surface area (Å²) in [6.07, 6.45) is 0. The molecule has 3 nitrogen and oxygen atoms in total. The molecule has 0 bridgehead atoms. The van der Waals surface area contributed by atoms with Crippen LogP contribution in [-0.4, -0.2) is 14.4 Å². The monoisotopic (exact) mass is 397 g/mol. The highest BCUT2D eigenvalue weighted by atomic mass is 35.5. The van der Waals surface area contributed by atoms with Crippen LogP contribution in [0.25, 0.3) is 0 Å². The van der Waals surface area contributed by atoms with E-state index in [1.165, 1.54) is 11.8 Å². The lowest BCUT2D eigenvalue weighted by molar-refractivity contribution is 0.279. The van der Waals surface area contributed by atoms with Crippen LogP contribution in [0.4, 0.5) is 0 Å². The van der Waals surface area contributed by atoms with E-state index in [-0.39, 0.29) is 17.4 Å². The zero-order valence-electron chi connectivity index (χ0n) is 14.9. The Morgan fingerprint density at radius 1 is 1.20 bits per heavy atom. The second kappa shape index (κ2) is 8.80. The fourth-order valence-corrected chi connectivity index (χ4v) is 4.48. The third-order valence-electron chi connectivity index (χ3n) is 3.66. The first kappa shape index (κ1) is 20.6. The van der Waals surface area contributed by atoms with E-state index < -0.39 is 11.4 Å². The molecule has 0 heterocycles. The van der Waals surface area contributed by atoms with Crippen LogP contribution in [0.15, 0.2) is 52.3 Å². The van der Waals surface area contributed by atoms with Gasteiger partial charge in [0.05, 0.1) is 17.7 Å². The van der Waals surface area contributed by atoms with Gasteiger partial charge in [0, 0.05) is 21.2 Å². The van der Waals surface area contributed by atoms with Gasteiger partial charge in [-0.25, -0.2) is 0 Å². The van der Waals surface area contributed by atoms with Gasteiger partial charge in [0.1, 0.15) is 4.75 Å². The maximum absolute atomic E-state index is 12.4. The first-order chi connectivity index (χ1) is 11.7. The van der Waals surface area contributed by atoms with E-state index in [4.69, 9.17) is 11.6 Å². The third-order valence-corrected chi connectivity index (χ3v) is 7.04. The Morgan fingerprint density at radius 2 is 1.88 bits per heavy atom. The van der Waals surface area contributed by atoms with Crippen LogP contribution in [0, 0.1) is 0 Å². The molecule has 2 rings (SSSR count). The molecule has 0 aromatic heterocycles. The number of hydrogen-bond acceptors (Lipinski definition) is 4. The molecule has 2 unspecified atom stereocenters. The van der Waals surface area contributed by atoms with Crippen molar-refractivity contribution in [2.75, 3.05) is 0 Å². The van der Waals surface area contributed by atoms with E-state index in [0.29, 0.717) is 5.02 Å². The van der Waals surface area contributed by atoms with E-state index in [1.807, 2.05) is 70.2 Å². The van der Waals surface area contributed by atoms with Gasteiger partial charge in [-0.05, 0) is 51.0 Å². The number of nitrogens with one attached hydrogen (secondary N) is 1. The molecule has 0 radical (unpaired) electrons. The number of rotatable bonds is 6. The summed E-state index contributed by atoms with van der Waals surface area (Å²) in [7, 11) is 0. The molecule has 0 saturated carbocycles. The SMILES string of the molecule is CC(N[S+]([O-])C(C)(C)C)c1cccc(Cl)c1Sc1ccccc1CO. The average molecular weight is 398 g/mol. The molecule has 0 saturated heterocycles. The highest BCUT2D eigenvalue weighted by Gasteiger charge is 2.29. The lowest BCUT2D eigenvalue weighted by atomic mass is 10.1. The summed E-state index contributed by atoms with van der Waals surface area (Å²) in [4.78, 5) is 1.87. The van der Waals surface area contributed by atoms with E-state index in [9.17, 15) is 9.66 Å². The predicted molar refractivity (Wildman–Crippen MR) is 107 cm³/mol. The van der Waals surface area contributed by atoms with Crippen LogP contribution in [0.2, 0.25) is 5.02 Å². The van der Waals surface area contributed by atoms with Crippen molar-refractivity contribution in [2.24, 2.45) is 0 Å². The Bertz CT molecular complexity index is 719. The first-order valence-electron chi connectivity index (χ1n) is 8.07. The molecule has 2 aromatic carbocycles. The first-order valence-corrected chi connectivity index (χ1v) is 10.4. The van der Waals surface area contributed by atoms with Crippen LogP contribution in [0.3, 0.4) is 0 Å². The summed E-state index contributed by atoms with van der Waals surface area (Å²) in [6, 6.07) is 13.3. The highest BCUT2D eigenvalue weighted by Crippen LogP contribution is 2.40. The number of aliphatic hydroxyl groups excluding tert-OH is 1. The van der Waals surface area contributed by atoms with Crippen molar-refractivity contribution in [3.8, 4) is 0 Å². The Hall–Kier alpha value is -0.690. The Labute approximate surface area is 162 Å². The lowest BCUT2D eigenvalue weighted by Gasteiger charge is -2.27. The van der Waals surface area contributed by atoms with Gasteiger partial charge in [-0.2, -0.15) is 0 Å². The smallest absolute Gasteiger partial charge is 0.136 e. The van der Waals surface area contributed by atoms with Crippen molar-refractivity contribution < 1.29 is 9.66 Å². The van der Waals surface area contributed by atoms with Crippen LogP contribution < -0.4 is 4.72 Å². The van der Waals surface area contributed by atoms with E-state index in [1.54, 1.807) is 0 Å². The topological polar surface area (TPSA) is 55.3 Å². The molecule has 2 N–H and O–H groups in total. The molecule has 0 aliphatic heterocycles. The third kappa shape index (κ3) is 5.39. The molecule has 2 aromatic rings. The summed E-state index contributed by atoms with van der Waals surface area (Å²) in [5.41, 5.74) is 1.85. The molecular weight excluding hydrogens is 374 g/mol. The summed E-state index contributed by atoms with van der Waals surface area (Å²) in [5.74, 6) is 0. The van der Waals surface area contributed by atoms with Gasteiger partial charge in [0.2, 0.25) is 0 Å². The van der Waals surface area contributed by atoms with Crippen LogP contribution in [0.5, 0.6) is 0 Å². The molecule has 0 amide bonds.